The first-order valence-electron chi connectivity index (χ1n) is 5.19. The minimum absolute atomic E-state index is 0.0905. The van der Waals surface area contributed by atoms with Crippen LogP contribution in [0.1, 0.15) is 5.56 Å². The lowest BCUT2D eigenvalue weighted by Gasteiger charge is -2.04. The maximum absolute atomic E-state index is 11.8. The number of carbonyl (C=O) groups is 1. The minimum Gasteiger partial charge on any atom is -0.502 e. The molecule has 1 aliphatic rings. The summed E-state index contributed by atoms with van der Waals surface area (Å²) < 4.78 is 0.372. The molecule has 6 nitrogen and oxygen atoms in total. The van der Waals surface area contributed by atoms with Crippen molar-refractivity contribution in [1.29, 1.82) is 0 Å². The Morgan fingerprint density at radius 3 is 2.70 bits per heavy atom. The van der Waals surface area contributed by atoms with E-state index >= 15 is 0 Å². The molecule has 1 N–H and O–H groups in total. The SMILES string of the molecule is CN1C(=O)C(=Cc2cc(Cl)cc([N+](=O)[O-])c2O)SC1=S. The lowest BCUT2D eigenvalue weighted by atomic mass is 10.1. The molecule has 0 unspecified atom stereocenters. The quantitative estimate of drug-likeness (QED) is 0.388. The van der Waals surface area contributed by atoms with Gasteiger partial charge in [-0.3, -0.25) is 19.8 Å². The predicted octanol–water partition coefficient (Wildman–Crippen LogP) is 2.78. The molecule has 9 heteroatoms. The second-order valence-electron chi connectivity index (χ2n) is 3.86. The van der Waals surface area contributed by atoms with Gasteiger partial charge < -0.3 is 5.11 Å². The molecule has 0 bridgehead atoms. The van der Waals surface area contributed by atoms with Gasteiger partial charge in [0.05, 0.1) is 9.83 Å². The number of nitro benzene ring substituents is 1. The minimum atomic E-state index is -0.746. The van der Waals surface area contributed by atoms with Crippen LogP contribution in [0.15, 0.2) is 17.0 Å². The number of hydrogen-bond donors (Lipinski definition) is 1. The van der Waals surface area contributed by atoms with E-state index in [9.17, 15) is 20.0 Å². The molecule has 0 radical (unpaired) electrons. The average Bonchev–Trinajstić information content (AvgIpc) is 2.61. The summed E-state index contributed by atoms with van der Waals surface area (Å²) in [6.07, 6.45) is 1.33. The summed E-state index contributed by atoms with van der Waals surface area (Å²) in [5, 5.41) is 20.7. The van der Waals surface area contributed by atoms with Crippen molar-refractivity contribution in [2.75, 3.05) is 7.05 Å². The number of nitrogens with zero attached hydrogens (tertiary/aromatic N) is 2. The van der Waals surface area contributed by atoms with Gasteiger partial charge in [0.25, 0.3) is 5.91 Å². The molecule has 0 aliphatic carbocycles. The fourth-order valence-electron chi connectivity index (χ4n) is 1.54. The van der Waals surface area contributed by atoms with Gasteiger partial charge in [-0.25, -0.2) is 0 Å². The van der Waals surface area contributed by atoms with Crippen molar-refractivity contribution in [2.45, 2.75) is 0 Å². The molecule has 1 aromatic carbocycles. The second kappa shape index (κ2) is 5.39. The van der Waals surface area contributed by atoms with E-state index in [0.29, 0.717) is 4.32 Å². The fraction of sp³-hybridized carbons (Fsp3) is 0.0909. The number of rotatable bonds is 2. The summed E-state index contributed by atoms with van der Waals surface area (Å²) in [6.45, 7) is 0. The Kier molecular flexibility index (Phi) is 3.98. The number of phenolic OH excluding ortho intramolecular Hbond substituents is 1. The van der Waals surface area contributed by atoms with Crippen molar-refractivity contribution in [2.24, 2.45) is 0 Å². The van der Waals surface area contributed by atoms with Gasteiger partial charge in [0.15, 0.2) is 0 Å². The van der Waals surface area contributed by atoms with Gasteiger partial charge in [0, 0.05) is 23.7 Å². The van der Waals surface area contributed by atoms with Crippen LogP contribution in [0.3, 0.4) is 0 Å². The van der Waals surface area contributed by atoms with Crippen molar-refractivity contribution in [3.8, 4) is 5.75 Å². The molecule has 0 saturated carbocycles. The molecule has 1 heterocycles. The fourth-order valence-corrected chi connectivity index (χ4v) is 2.93. The highest BCUT2D eigenvalue weighted by Gasteiger charge is 2.29. The highest BCUT2D eigenvalue weighted by atomic mass is 35.5. The molecular formula is C11H7ClN2O4S2. The number of likely N-dealkylation sites (N-methyl/N-ethyl adjacent to an activating group) is 1. The van der Waals surface area contributed by atoms with Crippen LogP contribution in [0.25, 0.3) is 6.08 Å². The van der Waals surface area contributed by atoms with Gasteiger partial charge in [-0.1, -0.05) is 35.6 Å². The first-order valence-corrected chi connectivity index (χ1v) is 6.80. The van der Waals surface area contributed by atoms with Gasteiger partial charge in [0.2, 0.25) is 5.75 Å². The number of amides is 1. The molecule has 1 aliphatic heterocycles. The Morgan fingerprint density at radius 1 is 1.55 bits per heavy atom. The number of thiocarbonyl (C=S) groups is 1. The topological polar surface area (TPSA) is 83.7 Å². The number of benzene rings is 1. The van der Waals surface area contributed by atoms with Crippen LogP contribution >= 0.6 is 35.6 Å². The average molecular weight is 331 g/mol. The number of thioether (sulfide) groups is 1. The second-order valence-corrected chi connectivity index (χ2v) is 5.97. The van der Waals surface area contributed by atoms with Gasteiger partial charge >= 0.3 is 5.69 Å². The highest BCUT2D eigenvalue weighted by molar-refractivity contribution is 8.26. The first kappa shape index (κ1) is 14.8. The van der Waals surface area contributed by atoms with Crippen LogP contribution in [0.2, 0.25) is 5.02 Å². The smallest absolute Gasteiger partial charge is 0.312 e. The van der Waals surface area contributed by atoms with E-state index in [0.717, 1.165) is 17.8 Å². The summed E-state index contributed by atoms with van der Waals surface area (Å²) in [5.74, 6) is -0.872. The molecule has 20 heavy (non-hydrogen) atoms. The summed E-state index contributed by atoms with van der Waals surface area (Å²) in [4.78, 5) is 23.4. The summed E-state index contributed by atoms with van der Waals surface area (Å²) >= 11 is 11.8. The van der Waals surface area contributed by atoms with E-state index in [1.807, 2.05) is 0 Å². The van der Waals surface area contributed by atoms with E-state index in [4.69, 9.17) is 23.8 Å². The van der Waals surface area contributed by atoms with Gasteiger partial charge in [-0.05, 0) is 12.1 Å². The molecule has 0 aromatic heterocycles. The summed E-state index contributed by atoms with van der Waals surface area (Å²) in [7, 11) is 1.53. The number of carbonyl (C=O) groups excluding carboxylic acids is 1. The zero-order chi connectivity index (χ0) is 15.0. The van der Waals surface area contributed by atoms with Crippen molar-refractivity contribution >= 4 is 57.6 Å². The Morgan fingerprint density at radius 2 is 2.20 bits per heavy atom. The third-order valence-corrected chi connectivity index (χ3v) is 4.26. The van der Waals surface area contributed by atoms with Crippen LogP contribution in [0, 0.1) is 10.1 Å². The van der Waals surface area contributed by atoms with E-state index < -0.39 is 16.4 Å². The standard InChI is InChI=1S/C11H7ClN2O4S2/c1-13-10(16)8(20-11(13)19)3-5-2-6(12)4-7(9(5)15)14(17)18/h2-4,15H,1H3. The summed E-state index contributed by atoms with van der Waals surface area (Å²) in [5.41, 5.74) is -0.422. The van der Waals surface area contributed by atoms with Crippen LogP contribution < -0.4 is 0 Å². The van der Waals surface area contributed by atoms with E-state index in [1.165, 1.54) is 24.1 Å². The van der Waals surface area contributed by atoms with Crippen LogP contribution in [0.5, 0.6) is 5.75 Å². The zero-order valence-electron chi connectivity index (χ0n) is 9.99. The van der Waals surface area contributed by atoms with Crippen LogP contribution in [-0.2, 0) is 4.79 Å². The lowest BCUT2D eigenvalue weighted by molar-refractivity contribution is -0.385. The highest BCUT2D eigenvalue weighted by Crippen LogP contribution is 2.37. The van der Waals surface area contributed by atoms with E-state index in [1.54, 1.807) is 0 Å². The number of nitro groups is 1. The van der Waals surface area contributed by atoms with Crippen molar-refractivity contribution < 1.29 is 14.8 Å². The van der Waals surface area contributed by atoms with Gasteiger partial charge in [0.1, 0.15) is 4.32 Å². The molecule has 1 amide bonds. The molecule has 2 rings (SSSR count). The third kappa shape index (κ3) is 2.62. The summed E-state index contributed by atoms with van der Waals surface area (Å²) in [6, 6.07) is 2.38. The molecule has 1 saturated heterocycles. The van der Waals surface area contributed by atoms with Crippen molar-refractivity contribution in [1.82, 2.24) is 4.90 Å². The van der Waals surface area contributed by atoms with Gasteiger partial charge in [-0.2, -0.15) is 0 Å². The number of phenols is 1. The largest absolute Gasteiger partial charge is 0.502 e. The molecule has 1 aromatic rings. The van der Waals surface area contributed by atoms with Crippen molar-refractivity contribution in [3.63, 3.8) is 0 Å². The number of aromatic hydroxyl groups is 1. The Balaban J connectivity index is 2.52. The number of halogens is 1. The Labute approximate surface area is 128 Å². The monoisotopic (exact) mass is 330 g/mol. The molecule has 0 spiro atoms. The first-order chi connectivity index (χ1) is 9.31. The maximum atomic E-state index is 11.8. The van der Waals surface area contributed by atoms with Crippen molar-refractivity contribution in [3.05, 3.63) is 37.7 Å². The molecule has 1 fully saturated rings. The van der Waals surface area contributed by atoms with E-state index in [-0.39, 0.29) is 21.4 Å². The lowest BCUT2D eigenvalue weighted by Crippen LogP contribution is -2.22. The van der Waals surface area contributed by atoms with E-state index in [2.05, 4.69) is 0 Å². The zero-order valence-corrected chi connectivity index (χ0v) is 12.4. The number of hydrogen-bond acceptors (Lipinski definition) is 6. The Bertz CT molecular complexity index is 675. The van der Waals surface area contributed by atoms with Gasteiger partial charge in [-0.15, -0.1) is 0 Å². The molecule has 0 atom stereocenters. The predicted molar refractivity (Wildman–Crippen MR) is 80.7 cm³/mol. The normalized spacial score (nSPS) is 17.1. The maximum Gasteiger partial charge on any atom is 0.312 e. The molecule has 104 valence electrons. The van der Waals surface area contributed by atoms with Crippen LogP contribution in [0.4, 0.5) is 5.69 Å². The Hall–Kier alpha value is -1.64. The third-order valence-electron chi connectivity index (χ3n) is 2.55. The van der Waals surface area contributed by atoms with Crippen LogP contribution in [-0.4, -0.2) is 32.2 Å². The molecular weight excluding hydrogens is 324 g/mol.